The third kappa shape index (κ3) is 5.28. The van der Waals surface area contributed by atoms with Crippen molar-refractivity contribution in [3.63, 3.8) is 0 Å². The van der Waals surface area contributed by atoms with E-state index in [1.807, 2.05) is 44.2 Å². The number of amides is 2. The molecule has 0 heterocycles. The molecule has 2 atom stereocenters. The zero-order chi connectivity index (χ0) is 21.0. The molecule has 0 bridgehead atoms. The lowest BCUT2D eigenvalue weighted by molar-refractivity contribution is -0.125. The molecule has 2 N–H and O–H groups in total. The predicted molar refractivity (Wildman–Crippen MR) is 112 cm³/mol. The first-order chi connectivity index (χ1) is 13.9. The van der Waals surface area contributed by atoms with E-state index in [-0.39, 0.29) is 23.7 Å². The summed E-state index contributed by atoms with van der Waals surface area (Å²) in [5.41, 5.74) is 4.02. The molecule has 1 aliphatic carbocycles. The second-order valence-electron chi connectivity index (χ2n) is 7.54. The van der Waals surface area contributed by atoms with Gasteiger partial charge < -0.3 is 20.1 Å². The first kappa shape index (κ1) is 20.7. The van der Waals surface area contributed by atoms with E-state index in [1.165, 1.54) is 0 Å². The van der Waals surface area contributed by atoms with E-state index >= 15 is 0 Å². The first-order valence-corrected chi connectivity index (χ1v) is 9.79. The van der Waals surface area contributed by atoms with Gasteiger partial charge in [0.05, 0.1) is 26.1 Å². The molecular formula is C23H28N2O4. The molecule has 2 aromatic carbocycles. The number of benzene rings is 2. The van der Waals surface area contributed by atoms with Crippen LogP contribution in [0.5, 0.6) is 11.5 Å². The van der Waals surface area contributed by atoms with E-state index in [9.17, 15) is 9.59 Å². The van der Waals surface area contributed by atoms with Crippen molar-refractivity contribution in [2.75, 3.05) is 26.1 Å². The van der Waals surface area contributed by atoms with Crippen LogP contribution >= 0.6 is 0 Å². The van der Waals surface area contributed by atoms with Gasteiger partial charge in [-0.1, -0.05) is 12.1 Å². The summed E-state index contributed by atoms with van der Waals surface area (Å²) in [5, 5.41) is 5.87. The molecule has 2 unspecified atom stereocenters. The van der Waals surface area contributed by atoms with E-state index in [1.54, 1.807) is 14.2 Å². The molecule has 1 fully saturated rings. The summed E-state index contributed by atoms with van der Waals surface area (Å²) in [6, 6.07) is 11.6. The molecule has 0 saturated heterocycles. The van der Waals surface area contributed by atoms with Crippen molar-refractivity contribution < 1.29 is 19.1 Å². The summed E-state index contributed by atoms with van der Waals surface area (Å²) in [6.07, 6.45) is 1.27. The minimum Gasteiger partial charge on any atom is -0.493 e. The predicted octanol–water partition coefficient (Wildman–Crippen LogP) is 3.25. The van der Waals surface area contributed by atoms with Crippen LogP contribution in [-0.2, 0) is 16.0 Å². The Balaban J connectivity index is 1.46. The SMILES string of the molecule is COc1ccc(CCNC(=O)C2CC2C(=O)Nc2cc(C)cc(C)c2)cc1OC. The van der Waals surface area contributed by atoms with Crippen LogP contribution in [0.15, 0.2) is 36.4 Å². The van der Waals surface area contributed by atoms with Gasteiger partial charge in [-0.25, -0.2) is 0 Å². The number of carbonyl (C=O) groups excluding carboxylic acids is 2. The van der Waals surface area contributed by atoms with Crippen LogP contribution in [0.1, 0.15) is 23.1 Å². The molecule has 6 heteroatoms. The molecule has 3 rings (SSSR count). The highest BCUT2D eigenvalue weighted by molar-refractivity contribution is 5.99. The van der Waals surface area contributed by atoms with Gasteiger partial charge in [0.2, 0.25) is 11.8 Å². The molecule has 2 aromatic rings. The average Bonchev–Trinajstić information content (AvgIpc) is 3.48. The van der Waals surface area contributed by atoms with Gasteiger partial charge in [0.15, 0.2) is 11.5 Å². The smallest absolute Gasteiger partial charge is 0.228 e. The summed E-state index contributed by atoms with van der Waals surface area (Å²) in [7, 11) is 3.19. The maximum absolute atomic E-state index is 12.4. The number of rotatable bonds is 8. The highest BCUT2D eigenvalue weighted by atomic mass is 16.5. The van der Waals surface area contributed by atoms with Crippen LogP contribution in [0.25, 0.3) is 0 Å². The summed E-state index contributed by atoms with van der Waals surface area (Å²) in [4.78, 5) is 24.8. The lowest BCUT2D eigenvalue weighted by Gasteiger charge is -2.10. The Morgan fingerprint density at radius 2 is 1.59 bits per heavy atom. The van der Waals surface area contributed by atoms with Crippen LogP contribution in [0, 0.1) is 25.7 Å². The fourth-order valence-electron chi connectivity index (χ4n) is 3.55. The lowest BCUT2D eigenvalue weighted by Crippen LogP contribution is -2.29. The molecule has 0 aromatic heterocycles. The van der Waals surface area contributed by atoms with E-state index in [0.717, 1.165) is 22.4 Å². The Morgan fingerprint density at radius 1 is 0.931 bits per heavy atom. The van der Waals surface area contributed by atoms with E-state index < -0.39 is 0 Å². The lowest BCUT2D eigenvalue weighted by atomic mass is 10.1. The standard InChI is InChI=1S/C23H28N2O4/c1-14-9-15(2)11-17(10-14)25-23(27)19-13-18(19)22(26)24-8-7-16-5-6-20(28-3)21(12-16)29-4/h5-6,9-12,18-19H,7-8,13H2,1-4H3,(H,24,26)(H,25,27). The van der Waals surface area contributed by atoms with E-state index in [0.29, 0.717) is 30.9 Å². The zero-order valence-corrected chi connectivity index (χ0v) is 17.4. The third-order valence-electron chi connectivity index (χ3n) is 5.11. The van der Waals surface area contributed by atoms with Crippen LogP contribution in [0.2, 0.25) is 0 Å². The van der Waals surface area contributed by atoms with Crippen molar-refractivity contribution in [1.29, 1.82) is 0 Å². The first-order valence-electron chi connectivity index (χ1n) is 9.79. The summed E-state index contributed by atoms with van der Waals surface area (Å²) >= 11 is 0. The number of nitrogens with one attached hydrogen (secondary N) is 2. The van der Waals surface area contributed by atoms with Crippen LogP contribution in [-0.4, -0.2) is 32.6 Å². The number of ether oxygens (including phenoxy) is 2. The van der Waals surface area contributed by atoms with Crippen molar-refractivity contribution in [3.8, 4) is 11.5 Å². The minimum absolute atomic E-state index is 0.0638. The monoisotopic (exact) mass is 396 g/mol. The highest BCUT2D eigenvalue weighted by Gasteiger charge is 2.47. The maximum atomic E-state index is 12.4. The Morgan fingerprint density at radius 3 is 2.24 bits per heavy atom. The van der Waals surface area contributed by atoms with Gasteiger partial charge in [0, 0.05) is 12.2 Å². The molecule has 1 saturated carbocycles. The normalized spacial score (nSPS) is 17.4. The van der Waals surface area contributed by atoms with E-state index in [4.69, 9.17) is 9.47 Å². The molecule has 2 amide bonds. The van der Waals surface area contributed by atoms with Gasteiger partial charge in [-0.3, -0.25) is 9.59 Å². The Kier molecular flexibility index (Phi) is 6.42. The van der Waals surface area contributed by atoms with Gasteiger partial charge in [-0.05, 0) is 67.6 Å². The minimum atomic E-state index is -0.253. The number of carbonyl (C=O) groups is 2. The Bertz CT molecular complexity index is 889. The Hall–Kier alpha value is -3.02. The summed E-state index contributed by atoms with van der Waals surface area (Å²) in [6.45, 7) is 4.50. The van der Waals surface area contributed by atoms with Gasteiger partial charge in [-0.15, -0.1) is 0 Å². The molecule has 0 aliphatic heterocycles. The van der Waals surface area contributed by atoms with Gasteiger partial charge in [0.25, 0.3) is 0 Å². The van der Waals surface area contributed by atoms with Crippen molar-refractivity contribution in [1.82, 2.24) is 5.32 Å². The highest BCUT2D eigenvalue weighted by Crippen LogP contribution is 2.39. The molecular weight excluding hydrogens is 368 g/mol. The molecule has 6 nitrogen and oxygen atoms in total. The third-order valence-corrected chi connectivity index (χ3v) is 5.11. The largest absolute Gasteiger partial charge is 0.493 e. The van der Waals surface area contributed by atoms with Gasteiger partial charge in [0.1, 0.15) is 0 Å². The summed E-state index contributed by atoms with van der Waals surface area (Å²) < 4.78 is 10.5. The van der Waals surface area contributed by atoms with E-state index in [2.05, 4.69) is 16.7 Å². The number of methoxy groups -OCH3 is 2. The molecule has 0 radical (unpaired) electrons. The summed E-state index contributed by atoms with van der Waals surface area (Å²) in [5.74, 6) is 0.696. The zero-order valence-electron chi connectivity index (χ0n) is 17.4. The van der Waals surface area contributed by atoms with Crippen molar-refractivity contribution in [3.05, 3.63) is 53.1 Å². The fraction of sp³-hybridized carbons (Fsp3) is 0.391. The molecule has 29 heavy (non-hydrogen) atoms. The quantitative estimate of drug-likeness (QED) is 0.718. The topological polar surface area (TPSA) is 76.7 Å². The number of hydrogen-bond donors (Lipinski definition) is 2. The second kappa shape index (κ2) is 8.99. The number of aryl methyl sites for hydroxylation is 2. The van der Waals surface area contributed by atoms with Gasteiger partial charge in [-0.2, -0.15) is 0 Å². The van der Waals surface area contributed by atoms with Gasteiger partial charge >= 0.3 is 0 Å². The fourth-order valence-corrected chi connectivity index (χ4v) is 3.55. The molecule has 154 valence electrons. The Labute approximate surface area is 171 Å². The van der Waals surface area contributed by atoms with Crippen LogP contribution in [0.4, 0.5) is 5.69 Å². The van der Waals surface area contributed by atoms with Crippen LogP contribution < -0.4 is 20.1 Å². The van der Waals surface area contributed by atoms with Crippen molar-refractivity contribution >= 4 is 17.5 Å². The molecule has 1 aliphatic rings. The van der Waals surface area contributed by atoms with Crippen molar-refractivity contribution in [2.45, 2.75) is 26.7 Å². The maximum Gasteiger partial charge on any atom is 0.228 e. The number of hydrogen-bond acceptors (Lipinski definition) is 4. The van der Waals surface area contributed by atoms with Crippen molar-refractivity contribution in [2.24, 2.45) is 11.8 Å². The number of anilines is 1. The molecule has 0 spiro atoms. The van der Waals surface area contributed by atoms with Crippen LogP contribution in [0.3, 0.4) is 0 Å². The second-order valence-corrected chi connectivity index (χ2v) is 7.54. The average molecular weight is 396 g/mol.